The van der Waals surface area contributed by atoms with E-state index in [9.17, 15) is 19.1 Å². The fraction of sp³-hybridized carbons (Fsp3) is 0.0952. The number of likely N-dealkylation sites (tertiary alicyclic amines) is 1. The number of rotatable bonds is 4. The van der Waals surface area contributed by atoms with Gasteiger partial charge in [0.1, 0.15) is 11.6 Å². The highest BCUT2D eigenvalue weighted by molar-refractivity contribution is 7.10. The molecule has 1 unspecified atom stereocenters. The van der Waals surface area contributed by atoms with Crippen LogP contribution in [-0.2, 0) is 16.1 Å². The maximum atomic E-state index is 13.2. The standard InChI is InChI=1S/C21H15FN2O3S/c22-15-5-3-14(4-6-15)19(25)17-18(16-2-1-11-28-16)24(21(27)20(17)26)12-13-7-9-23-10-8-13/h1-11,18,25H,12H2/b19-17-. The highest BCUT2D eigenvalue weighted by Gasteiger charge is 2.46. The second kappa shape index (κ2) is 7.36. The van der Waals surface area contributed by atoms with Crippen molar-refractivity contribution in [1.29, 1.82) is 0 Å². The molecule has 0 aliphatic carbocycles. The fourth-order valence-corrected chi connectivity index (χ4v) is 4.08. The fourth-order valence-electron chi connectivity index (χ4n) is 3.23. The second-order valence-corrected chi connectivity index (χ2v) is 7.28. The Kier molecular flexibility index (Phi) is 4.75. The van der Waals surface area contributed by atoms with E-state index in [4.69, 9.17) is 0 Å². The van der Waals surface area contributed by atoms with Crippen LogP contribution >= 0.6 is 11.3 Å². The summed E-state index contributed by atoms with van der Waals surface area (Å²) < 4.78 is 13.2. The number of amides is 1. The van der Waals surface area contributed by atoms with Gasteiger partial charge in [-0.2, -0.15) is 0 Å². The summed E-state index contributed by atoms with van der Waals surface area (Å²) in [6.07, 6.45) is 3.23. The third kappa shape index (κ3) is 3.20. The van der Waals surface area contributed by atoms with Gasteiger partial charge < -0.3 is 10.0 Å². The van der Waals surface area contributed by atoms with Gasteiger partial charge in [0, 0.05) is 29.4 Å². The lowest BCUT2D eigenvalue weighted by molar-refractivity contribution is -0.140. The Hall–Kier alpha value is -3.32. The highest BCUT2D eigenvalue weighted by atomic mass is 32.1. The minimum Gasteiger partial charge on any atom is -0.507 e. The van der Waals surface area contributed by atoms with Crippen LogP contribution in [0, 0.1) is 5.82 Å². The first-order valence-corrected chi connectivity index (χ1v) is 9.41. The van der Waals surface area contributed by atoms with Gasteiger partial charge in [-0.25, -0.2) is 4.39 Å². The molecule has 3 heterocycles. The lowest BCUT2D eigenvalue weighted by atomic mass is 10.00. The van der Waals surface area contributed by atoms with Gasteiger partial charge in [-0.05, 0) is 53.4 Å². The Labute approximate surface area is 164 Å². The summed E-state index contributed by atoms with van der Waals surface area (Å²) in [4.78, 5) is 31.7. The number of halogens is 1. The number of nitrogens with zero attached hydrogens (tertiary/aromatic N) is 2. The number of thiophene rings is 1. The number of aliphatic hydroxyl groups is 1. The third-order valence-electron chi connectivity index (χ3n) is 4.57. The quantitative estimate of drug-likeness (QED) is 0.414. The number of carbonyl (C=O) groups excluding carboxylic acids is 2. The SMILES string of the molecule is O=C1C(=O)N(Cc2ccncc2)C(c2cccs2)/C1=C(/O)c1ccc(F)cc1. The van der Waals surface area contributed by atoms with Crippen molar-refractivity contribution >= 4 is 28.8 Å². The molecule has 1 aromatic carbocycles. The molecule has 3 aromatic rings. The molecule has 5 nitrogen and oxygen atoms in total. The number of aromatic nitrogens is 1. The first-order chi connectivity index (χ1) is 13.6. The molecule has 4 rings (SSSR count). The van der Waals surface area contributed by atoms with Gasteiger partial charge >= 0.3 is 0 Å². The summed E-state index contributed by atoms with van der Waals surface area (Å²) in [5, 5.41) is 12.7. The maximum absolute atomic E-state index is 13.2. The maximum Gasteiger partial charge on any atom is 0.295 e. The Morgan fingerprint density at radius 1 is 1.11 bits per heavy atom. The van der Waals surface area contributed by atoms with Crippen LogP contribution in [0.1, 0.15) is 22.0 Å². The summed E-state index contributed by atoms with van der Waals surface area (Å²) in [6, 6.07) is 11.6. The monoisotopic (exact) mass is 394 g/mol. The smallest absolute Gasteiger partial charge is 0.295 e. The van der Waals surface area contributed by atoms with Gasteiger partial charge in [0.25, 0.3) is 11.7 Å². The Morgan fingerprint density at radius 2 is 1.82 bits per heavy atom. The number of aliphatic hydroxyl groups excluding tert-OH is 1. The molecule has 0 spiro atoms. The van der Waals surface area contributed by atoms with Crippen LogP contribution in [0.15, 0.2) is 71.9 Å². The zero-order valence-electron chi connectivity index (χ0n) is 14.6. The van der Waals surface area contributed by atoms with Crippen LogP contribution in [0.2, 0.25) is 0 Å². The molecule has 1 aliphatic heterocycles. The van der Waals surface area contributed by atoms with E-state index in [1.54, 1.807) is 24.5 Å². The van der Waals surface area contributed by atoms with Crippen LogP contribution in [0.25, 0.3) is 5.76 Å². The number of Topliss-reactive ketones (excluding diaryl/α,β-unsaturated/α-hetero) is 1. The molecule has 7 heteroatoms. The molecule has 0 radical (unpaired) electrons. The Bertz CT molecular complexity index is 1050. The van der Waals surface area contributed by atoms with Gasteiger partial charge in [0.05, 0.1) is 11.6 Å². The summed E-state index contributed by atoms with van der Waals surface area (Å²) in [7, 11) is 0. The van der Waals surface area contributed by atoms with E-state index < -0.39 is 23.5 Å². The number of benzene rings is 1. The highest BCUT2D eigenvalue weighted by Crippen LogP contribution is 2.41. The van der Waals surface area contributed by atoms with Crippen LogP contribution in [-0.4, -0.2) is 26.7 Å². The van der Waals surface area contributed by atoms with Gasteiger partial charge in [-0.1, -0.05) is 6.07 Å². The minimum absolute atomic E-state index is 0.00751. The largest absolute Gasteiger partial charge is 0.507 e. The van der Waals surface area contributed by atoms with E-state index in [0.717, 1.165) is 10.4 Å². The number of hydrogen-bond acceptors (Lipinski definition) is 5. The van der Waals surface area contributed by atoms with Crippen molar-refractivity contribution in [3.05, 3.63) is 93.7 Å². The van der Waals surface area contributed by atoms with Crippen LogP contribution < -0.4 is 0 Å². The van der Waals surface area contributed by atoms with Crippen molar-refractivity contribution in [2.75, 3.05) is 0 Å². The second-order valence-electron chi connectivity index (χ2n) is 6.30. The molecular weight excluding hydrogens is 379 g/mol. The zero-order valence-corrected chi connectivity index (χ0v) is 15.4. The van der Waals surface area contributed by atoms with Gasteiger partial charge in [-0.3, -0.25) is 14.6 Å². The summed E-state index contributed by atoms with van der Waals surface area (Å²) in [6.45, 7) is 0.204. The Morgan fingerprint density at radius 3 is 2.46 bits per heavy atom. The van der Waals surface area contributed by atoms with Crippen LogP contribution in [0.5, 0.6) is 0 Å². The number of ketones is 1. The van der Waals surface area contributed by atoms with Crippen molar-refractivity contribution in [3.63, 3.8) is 0 Å². The summed E-state index contributed by atoms with van der Waals surface area (Å²) in [5.41, 5.74) is 1.11. The zero-order chi connectivity index (χ0) is 19.7. The van der Waals surface area contributed by atoms with Crippen molar-refractivity contribution < 1.29 is 19.1 Å². The molecule has 28 heavy (non-hydrogen) atoms. The van der Waals surface area contributed by atoms with Crippen molar-refractivity contribution in [2.24, 2.45) is 0 Å². The average Bonchev–Trinajstić information content (AvgIpc) is 3.32. The first-order valence-electron chi connectivity index (χ1n) is 8.53. The predicted molar refractivity (Wildman–Crippen MR) is 103 cm³/mol. The summed E-state index contributed by atoms with van der Waals surface area (Å²) in [5.74, 6) is -2.20. The molecular formula is C21H15FN2O3S. The minimum atomic E-state index is -0.755. The van der Waals surface area contributed by atoms with E-state index >= 15 is 0 Å². The van der Waals surface area contributed by atoms with Gasteiger partial charge in [-0.15, -0.1) is 11.3 Å². The molecule has 1 saturated heterocycles. The van der Waals surface area contributed by atoms with Crippen molar-refractivity contribution in [3.8, 4) is 0 Å². The molecule has 1 N–H and O–H groups in total. The van der Waals surface area contributed by atoms with Crippen molar-refractivity contribution in [1.82, 2.24) is 9.88 Å². The van der Waals surface area contributed by atoms with E-state index in [1.165, 1.54) is 40.5 Å². The summed E-state index contributed by atoms with van der Waals surface area (Å²) >= 11 is 1.39. The van der Waals surface area contributed by atoms with E-state index in [1.807, 2.05) is 17.5 Å². The van der Waals surface area contributed by atoms with Crippen LogP contribution in [0.3, 0.4) is 0 Å². The lowest BCUT2D eigenvalue weighted by Gasteiger charge is -2.24. The number of pyridine rings is 1. The molecule has 1 amide bonds. The molecule has 0 bridgehead atoms. The number of carbonyl (C=O) groups is 2. The molecule has 1 atom stereocenters. The molecule has 1 aliphatic rings. The molecule has 2 aromatic heterocycles. The van der Waals surface area contributed by atoms with Crippen molar-refractivity contribution in [2.45, 2.75) is 12.6 Å². The van der Waals surface area contributed by atoms with E-state index in [0.29, 0.717) is 0 Å². The topological polar surface area (TPSA) is 70.5 Å². The Balaban J connectivity index is 1.83. The lowest BCUT2D eigenvalue weighted by Crippen LogP contribution is -2.28. The predicted octanol–water partition coefficient (Wildman–Crippen LogP) is 3.90. The van der Waals surface area contributed by atoms with Crippen LogP contribution in [0.4, 0.5) is 4.39 Å². The molecule has 1 fully saturated rings. The van der Waals surface area contributed by atoms with E-state index in [-0.39, 0.29) is 23.4 Å². The van der Waals surface area contributed by atoms with Gasteiger partial charge in [0.2, 0.25) is 0 Å². The average molecular weight is 394 g/mol. The first kappa shape index (κ1) is 18.1. The number of hydrogen-bond donors (Lipinski definition) is 1. The third-order valence-corrected chi connectivity index (χ3v) is 5.50. The normalized spacial score (nSPS) is 18.6. The molecule has 140 valence electrons. The van der Waals surface area contributed by atoms with Gasteiger partial charge in [0.15, 0.2) is 0 Å². The molecule has 0 saturated carbocycles. The van der Waals surface area contributed by atoms with E-state index in [2.05, 4.69) is 4.98 Å².